The minimum atomic E-state index is -0.285. The van der Waals surface area contributed by atoms with Gasteiger partial charge < -0.3 is 4.42 Å². The van der Waals surface area contributed by atoms with Crippen LogP contribution in [0.3, 0.4) is 0 Å². The molecule has 0 spiro atoms. The highest BCUT2D eigenvalue weighted by atomic mass is 127. The van der Waals surface area contributed by atoms with Crippen LogP contribution in [0.25, 0.3) is 11.3 Å². The van der Waals surface area contributed by atoms with Gasteiger partial charge in [-0.2, -0.15) is 0 Å². The van der Waals surface area contributed by atoms with Gasteiger partial charge in [-0.05, 0) is 34.1 Å². The molecule has 0 radical (unpaired) electrons. The highest BCUT2D eigenvalue weighted by Crippen LogP contribution is 2.24. The monoisotopic (exact) mass is 367 g/mol. The Hall–Kier alpha value is -0.430. The van der Waals surface area contributed by atoms with Gasteiger partial charge in [-0.1, -0.05) is 0 Å². The molecular weight excluding hydrogens is 364 g/mol. The Morgan fingerprint density at radius 1 is 1.43 bits per heavy atom. The van der Waals surface area contributed by atoms with Gasteiger partial charge in [-0.25, -0.2) is 9.37 Å². The zero-order valence-electron chi connectivity index (χ0n) is 6.80. The third-order valence-electron chi connectivity index (χ3n) is 1.69. The Balaban J connectivity index is 2.47. The van der Waals surface area contributed by atoms with E-state index in [4.69, 9.17) is 4.42 Å². The Labute approximate surface area is 102 Å². The maximum atomic E-state index is 12.9. The molecule has 0 aliphatic heterocycles. The number of benzene rings is 1. The molecule has 0 unspecified atom stereocenters. The van der Waals surface area contributed by atoms with E-state index in [1.54, 1.807) is 18.4 Å². The number of hydrogen-bond acceptors (Lipinski definition) is 2. The largest absolute Gasteiger partial charge is 0.440 e. The molecule has 2 aromatic rings. The van der Waals surface area contributed by atoms with Crippen molar-refractivity contribution in [3.05, 3.63) is 38.6 Å². The Bertz CT molecular complexity index is 472. The molecule has 1 aromatic carbocycles. The van der Waals surface area contributed by atoms with Crippen LogP contribution in [0.1, 0.15) is 0 Å². The fourth-order valence-corrected chi connectivity index (χ4v) is 1.81. The van der Waals surface area contributed by atoms with Crippen LogP contribution in [0.15, 0.2) is 33.4 Å². The first kappa shape index (κ1) is 10.1. The van der Waals surface area contributed by atoms with E-state index in [0.29, 0.717) is 14.1 Å². The van der Waals surface area contributed by atoms with Crippen LogP contribution >= 0.6 is 38.5 Å². The summed E-state index contributed by atoms with van der Waals surface area (Å²) in [5.41, 5.74) is 1.53. The van der Waals surface area contributed by atoms with Crippen molar-refractivity contribution in [2.24, 2.45) is 0 Å². The molecule has 5 heteroatoms. The van der Waals surface area contributed by atoms with Gasteiger partial charge >= 0.3 is 0 Å². The minimum absolute atomic E-state index is 0.285. The first-order chi connectivity index (χ1) is 6.66. The molecule has 2 nitrogen and oxygen atoms in total. The third kappa shape index (κ3) is 1.98. The number of rotatable bonds is 1. The molecule has 0 aliphatic rings. The normalized spacial score (nSPS) is 10.5. The third-order valence-corrected chi connectivity index (χ3v) is 2.79. The van der Waals surface area contributed by atoms with Crippen molar-refractivity contribution in [1.29, 1.82) is 0 Å². The van der Waals surface area contributed by atoms with Gasteiger partial charge in [0.1, 0.15) is 17.8 Å². The van der Waals surface area contributed by atoms with E-state index in [-0.39, 0.29) is 5.82 Å². The van der Waals surface area contributed by atoms with Crippen molar-refractivity contribution < 1.29 is 8.81 Å². The first-order valence-electron chi connectivity index (χ1n) is 3.73. The van der Waals surface area contributed by atoms with Crippen LogP contribution in [0.2, 0.25) is 0 Å². The quantitative estimate of drug-likeness (QED) is 0.715. The molecule has 0 aliphatic carbocycles. The van der Waals surface area contributed by atoms with E-state index in [9.17, 15) is 4.39 Å². The van der Waals surface area contributed by atoms with E-state index in [2.05, 4.69) is 20.9 Å². The molecule has 0 amide bonds. The van der Waals surface area contributed by atoms with E-state index >= 15 is 0 Å². The van der Waals surface area contributed by atoms with E-state index < -0.39 is 0 Å². The van der Waals surface area contributed by atoms with Crippen LogP contribution < -0.4 is 0 Å². The summed E-state index contributed by atoms with van der Waals surface area (Å²) in [5.74, 6) is -0.285. The van der Waals surface area contributed by atoms with Gasteiger partial charge in [-0.3, -0.25) is 0 Å². The second kappa shape index (κ2) is 3.98. The summed E-state index contributed by atoms with van der Waals surface area (Å²) in [6, 6.07) is 4.72. The summed E-state index contributed by atoms with van der Waals surface area (Å²) >= 11 is 5.09. The Morgan fingerprint density at radius 2 is 2.21 bits per heavy atom. The van der Waals surface area contributed by atoms with Gasteiger partial charge in [0.15, 0.2) is 0 Å². The van der Waals surface area contributed by atoms with E-state index in [1.165, 1.54) is 6.07 Å². The summed E-state index contributed by atoms with van der Waals surface area (Å²) in [6.45, 7) is 0. The van der Waals surface area contributed by atoms with Crippen LogP contribution in [-0.4, -0.2) is 4.98 Å². The van der Waals surface area contributed by atoms with Gasteiger partial charge in [-0.15, -0.1) is 0 Å². The van der Waals surface area contributed by atoms with E-state index in [1.807, 2.05) is 22.6 Å². The summed E-state index contributed by atoms with van der Waals surface area (Å²) in [5, 5.41) is 0. The molecule has 2 rings (SSSR count). The van der Waals surface area contributed by atoms with Gasteiger partial charge in [0.2, 0.25) is 0 Å². The minimum Gasteiger partial charge on any atom is -0.440 e. The Kier molecular flexibility index (Phi) is 2.87. The van der Waals surface area contributed by atoms with Crippen molar-refractivity contribution in [3.63, 3.8) is 0 Å². The number of oxazole rings is 1. The van der Waals surface area contributed by atoms with Crippen molar-refractivity contribution in [1.82, 2.24) is 4.98 Å². The fourth-order valence-electron chi connectivity index (χ4n) is 1.04. The van der Waals surface area contributed by atoms with Gasteiger partial charge in [0.05, 0.1) is 4.47 Å². The lowest BCUT2D eigenvalue weighted by molar-refractivity contribution is 0.525. The molecule has 0 saturated heterocycles. The zero-order valence-corrected chi connectivity index (χ0v) is 10.5. The molecule has 72 valence electrons. The Morgan fingerprint density at radius 3 is 2.79 bits per heavy atom. The average Bonchev–Trinajstić information content (AvgIpc) is 2.57. The lowest BCUT2D eigenvalue weighted by Gasteiger charge is -1.97. The highest BCUT2D eigenvalue weighted by molar-refractivity contribution is 14.1. The maximum absolute atomic E-state index is 12.9. The molecule has 0 bridgehead atoms. The van der Waals surface area contributed by atoms with Crippen molar-refractivity contribution in [2.45, 2.75) is 0 Å². The van der Waals surface area contributed by atoms with Gasteiger partial charge in [0, 0.05) is 28.2 Å². The van der Waals surface area contributed by atoms with Crippen molar-refractivity contribution in [3.8, 4) is 11.3 Å². The van der Waals surface area contributed by atoms with Crippen LogP contribution in [-0.2, 0) is 0 Å². The molecule has 1 heterocycles. The smallest absolute Gasteiger partial charge is 0.257 e. The predicted octanol–water partition coefficient (Wildman–Crippen LogP) is 3.85. The van der Waals surface area contributed by atoms with Crippen molar-refractivity contribution >= 4 is 38.5 Å². The zero-order chi connectivity index (χ0) is 10.1. The molecule has 0 N–H and O–H groups in total. The molecule has 0 fully saturated rings. The molecular formula is C9H4BrFINO. The maximum Gasteiger partial charge on any atom is 0.257 e. The molecule has 14 heavy (non-hydrogen) atoms. The summed E-state index contributed by atoms with van der Waals surface area (Å²) in [7, 11) is 0. The lowest BCUT2D eigenvalue weighted by atomic mass is 10.2. The predicted molar refractivity (Wildman–Crippen MR) is 62.3 cm³/mol. The summed E-state index contributed by atoms with van der Waals surface area (Å²) in [6.07, 6.45) is 1.54. The second-order valence-electron chi connectivity index (χ2n) is 2.61. The van der Waals surface area contributed by atoms with Gasteiger partial charge in [0.25, 0.3) is 3.90 Å². The first-order valence-corrected chi connectivity index (χ1v) is 5.60. The van der Waals surface area contributed by atoms with Crippen LogP contribution in [0.4, 0.5) is 4.39 Å². The SMILES string of the molecule is Fc1ccc(-c2coc(I)n2)cc1Br. The fraction of sp³-hybridized carbons (Fsp3) is 0. The number of aromatic nitrogens is 1. The lowest BCUT2D eigenvalue weighted by Crippen LogP contribution is -1.81. The average molecular weight is 368 g/mol. The number of nitrogens with zero attached hydrogens (tertiary/aromatic N) is 1. The highest BCUT2D eigenvalue weighted by Gasteiger charge is 2.06. The topological polar surface area (TPSA) is 26.0 Å². The van der Waals surface area contributed by atoms with Crippen LogP contribution in [0.5, 0.6) is 0 Å². The van der Waals surface area contributed by atoms with Crippen molar-refractivity contribution in [2.75, 3.05) is 0 Å². The molecule has 0 atom stereocenters. The summed E-state index contributed by atoms with van der Waals surface area (Å²) in [4.78, 5) is 4.13. The number of hydrogen-bond donors (Lipinski definition) is 0. The second-order valence-corrected chi connectivity index (χ2v) is 4.39. The number of halogens is 3. The summed E-state index contributed by atoms with van der Waals surface area (Å²) < 4.78 is 19.0. The molecule has 1 aromatic heterocycles. The molecule has 0 saturated carbocycles. The van der Waals surface area contributed by atoms with Crippen LogP contribution in [0, 0.1) is 9.71 Å². The van der Waals surface area contributed by atoms with E-state index in [0.717, 1.165) is 5.56 Å². The standard InChI is InChI=1S/C9H4BrFINO/c10-6-3-5(1-2-7(6)11)8-4-14-9(12)13-8/h1-4H.